The van der Waals surface area contributed by atoms with E-state index in [9.17, 15) is 36.9 Å². The van der Waals surface area contributed by atoms with E-state index >= 15 is 0 Å². The van der Waals surface area contributed by atoms with E-state index in [-0.39, 0.29) is 51.4 Å². The molecule has 42 heavy (non-hydrogen) atoms. The molecule has 0 N–H and O–H groups in total. The maximum atomic E-state index is 13.5. The highest BCUT2D eigenvalue weighted by molar-refractivity contribution is 8.03. The Morgan fingerprint density at radius 1 is 0.714 bits per heavy atom. The number of nitriles is 2. The van der Waals surface area contributed by atoms with E-state index in [1.165, 1.54) is 0 Å². The predicted octanol–water partition coefficient (Wildman–Crippen LogP) is 7.77. The van der Waals surface area contributed by atoms with E-state index in [0.29, 0.717) is 22.3 Å². The SMILES string of the molecule is [C-]#[N+]/C(C#N)=c1/c2c(/c(=C(\C#N)[N+]#[C-])c3c1-c1cc(C)c(C)cc1C3)-c1cc(SC(F)(F)F)c(SC(F)(F)F)cc1C2. The molecule has 208 valence electrons. The molecular weight excluding hydrogens is 594 g/mol. The standard InChI is InChI=1S/C30H14F6N4S2/c1-13-5-15-7-19-25(17(15)6-14(13)2)27(21(11-37)39-3)20-8-16-9-23(41-29(31,32)33)24(42-30(34,35)36)10-18(16)26(20)28(19)22(12-38)40-4/h5-6,9-10H,7-8H2,1-2H3/b27-21-,28-22+. The van der Waals surface area contributed by atoms with E-state index in [1.807, 2.05) is 38.1 Å². The van der Waals surface area contributed by atoms with Crippen LogP contribution < -0.4 is 10.4 Å². The first-order valence-corrected chi connectivity index (χ1v) is 13.6. The van der Waals surface area contributed by atoms with Crippen molar-refractivity contribution in [1.29, 1.82) is 10.5 Å². The summed E-state index contributed by atoms with van der Waals surface area (Å²) in [6.45, 7) is 19.2. The molecule has 0 heterocycles. The Balaban J connectivity index is 2.00. The lowest BCUT2D eigenvalue weighted by atomic mass is 9.90. The quantitative estimate of drug-likeness (QED) is 0.117. The van der Waals surface area contributed by atoms with Gasteiger partial charge in [0.05, 0.1) is 25.3 Å². The molecule has 12 heteroatoms. The van der Waals surface area contributed by atoms with Gasteiger partial charge < -0.3 is 0 Å². The molecule has 3 aromatic rings. The summed E-state index contributed by atoms with van der Waals surface area (Å²) in [5.41, 5.74) is -5.18. The zero-order chi connectivity index (χ0) is 30.7. The molecule has 0 aromatic heterocycles. The lowest BCUT2D eigenvalue weighted by Crippen LogP contribution is -2.25. The van der Waals surface area contributed by atoms with Gasteiger partial charge >= 0.3 is 11.0 Å². The van der Waals surface area contributed by atoms with Crippen LogP contribution in [0.15, 0.2) is 34.1 Å². The van der Waals surface area contributed by atoms with Gasteiger partial charge in [-0.15, -0.1) is 0 Å². The summed E-state index contributed by atoms with van der Waals surface area (Å²) < 4.78 is 80.6. The van der Waals surface area contributed by atoms with E-state index < -0.39 is 44.3 Å². The molecule has 4 nitrogen and oxygen atoms in total. The smallest absolute Gasteiger partial charge is 0.226 e. The second kappa shape index (κ2) is 10.2. The fraction of sp³-hybridized carbons (Fsp3) is 0.200. The molecule has 0 fully saturated rings. The Hall–Kier alpha value is -4.36. The van der Waals surface area contributed by atoms with Gasteiger partial charge in [-0.05, 0) is 118 Å². The third-order valence-corrected chi connectivity index (χ3v) is 8.94. The van der Waals surface area contributed by atoms with Crippen LogP contribution in [-0.2, 0) is 12.8 Å². The third-order valence-electron chi connectivity index (χ3n) is 7.23. The Morgan fingerprint density at radius 3 is 1.55 bits per heavy atom. The number of thioether (sulfide) groups is 2. The number of hydrogen-bond acceptors (Lipinski definition) is 4. The van der Waals surface area contributed by atoms with Crippen molar-refractivity contribution in [2.24, 2.45) is 0 Å². The average molecular weight is 609 g/mol. The topological polar surface area (TPSA) is 56.3 Å². The van der Waals surface area contributed by atoms with Crippen LogP contribution in [-0.4, -0.2) is 11.0 Å². The van der Waals surface area contributed by atoms with Crippen LogP contribution in [0.4, 0.5) is 26.3 Å². The van der Waals surface area contributed by atoms with Crippen LogP contribution in [0.2, 0.25) is 0 Å². The summed E-state index contributed by atoms with van der Waals surface area (Å²) in [7, 11) is 0. The molecule has 0 aliphatic heterocycles. The average Bonchev–Trinajstić information content (AvgIpc) is 3.42. The van der Waals surface area contributed by atoms with Gasteiger partial charge in [-0.2, -0.15) is 26.3 Å². The van der Waals surface area contributed by atoms with Gasteiger partial charge in [0.1, 0.15) is 0 Å². The van der Waals surface area contributed by atoms with Crippen molar-refractivity contribution in [3.63, 3.8) is 0 Å². The normalized spacial score (nSPS) is 14.4. The maximum absolute atomic E-state index is 13.5. The van der Waals surface area contributed by atoms with E-state index in [1.54, 1.807) is 0 Å². The summed E-state index contributed by atoms with van der Waals surface area (Å²) in [5, 5.41) is 20.3. The minimum absolute atomic E-state index is 0.111. The molecule has 5 rings (SSSR count). The van der Waals surface area contributed by atoms with E-state index in [0.717, 1.165) is 28.8 Å². The van der Waals surface area contributed by atoms with Crippen LogP contribution in [0, 0.1) is 49.7 Å². The molecule has 2 aliphatic rings. The van der Waals surface area contributed by atoms with Crippen molar-refractivity contribution in [3.05, 3.63) is 90.9 Å². The zero-order valence-corrected chi connectivity index (χ0v) is 23.2. The third kappa shape index (κ3) is 4.88. The molecule has 0 atom stereocenters. The number of benzene rings is 3. The molecule has 0 radical (unpaired) electrons. The van der Waals surface area contributed by atoms with Gasteiger partial charge in [0.2, 0.25) is 0 Å². The van der Waals surface area contributed by atoms with Crippen molar-refractivity contribution in [3.8, 4) is 34.4 Å². The number of halogens is 6. The van der Waals surface area contributed by atoms with Crippen LogP contribution >= 0.6 is 23.5 Å². The summed E-state index contributed by atoms with van der Waals surface area (Å²) >= 11 is -1.35. The van der Waals surface area contributed by atoms with Gasteiger partial charge in [-0.1, -0.05) is 12.1 Å². The second-order valence-electron chi connectivity index (χ2n) is 9.60. The molecule has 0 saturated heterocycles. The number of fused-ring (bicyclic) bond motifs is 6. The summed E-state index contributed by atoms with van der Waals surface area (Å²) in [5.74, 6) is 0. The fourth-order valence-electron chi connectivity index (χ4n) is 5.62. The Kier molecular flexibility index (Phi) is 7.06. The maximum Gasteiger partial charge on any atom is 0.446 e. The largest absolute Gasteiger partial charge is 0.446 e. The minimum Gasteiger partial charge on any atom is -0.226 e. The van der Waals surface area contributed by atoms with E-state index in [2.05, 4.69) is 9.69 Å². The molecule has 0 unspecified atom stereocenters. The molecular formula is C30H14F6N4S2. The van der Waals surface area contributed by atoms with Crippen LogP contribution in [0.25, 0.3) is 43.3 Å². The highest BCUT2D eigenvalue weighted by Crippen LogP contribution is 2.50. The molecule has 3 aromatic carbocycles. The number of nitrogens with zero attached hydrogens (tertiary/aromatic N) is 4. The summed E-state index contributed by atoms with van der Waals surface area (Å²) in [4.78, 5) is 5.49. The van der Waals surface area contributed by atoms with Crippen molar-refractivity contribution in [2.75, 3.05) is 0 Å². The van der Waals surface area contributed by atoms with Crippen molar-refractivity contribution in [1.82, 2.24) is 0 Å². The number of rotatable bonds is 2. The Morgan fingerprint density at radius 2 is 1.12 bits per heavy atom. The summed E-state index contributed by atoms with van der Waals surface area (Å²) in [6, 6.07) is 9.63. The first kappa shape index (κ1) is 29.1. The molecule has 0 spiro atoms. The van der Waals surface area contributed by atoms with Gasteiger partial charge in [0.15, 0.2) is 0 Å². The van der Waals surface area contributed by atoms with Crippen LogP contribution in [0.5, 0.6) is 0 Å². The summed E-state index contributed by atoms with van der Waals surface area (Å²) in [6.07, 6.45) is 0.112. The van der Waals surface area contributed by atoms with Crippen molar-refractivity contribution < 1.29 is 26.3 Å². The highest BCUT2D eigenvalue weighted by atomic mass is 32.2. The number of hydrogen-bond donors (Lipinski definition) is 0. The number of aryl methyl sites for hydroxylation is 2. The first-order valence-electron chi connectivity index (χ1n) is 12.0. The van der Waals surface area contributed by atoms with Gasteiger partial charge in [-0.25, -0.2) is 20.2 Å². The Bertz CT molecular complexity index is 2000. The molecule has 0 amide bonds. The zero-order valence-electron chi connectivity index (χ0n) is 21.6. The van der Waals surface area contributed by atoms with Crippen molar-refractivity contribution in [2.45, 2.75) is 47.5 Å². The molecule has 2 aliphatic carbocycles. The van der Waals surface area contributed by atoms with E-state index in [4.69, 9.17) is 13.1 Å². The van der Waals surface area contributed by atoms with Crippen LogP contribution in [0.3, 0.4) is 0 Å². The molecule has 0 bridgehead atoms. The van der Waals surface area contributed by atoms with Gasteiger partial charge in [0.25, 0.3) is 11.4 Å². The second-order valence-corrected chi connectivity index (χ2v) is 11.8. The highest BCUT2D eigenvalue weighted by Gasteiger charge is 2.38. The number of alkyl halides is 6. The molecule has 0 saturated carbocycles. The van der Waals surface area contributed by atoms with Crippen molar-refractivity contribution >= 4 is 34.9 Å². The lowest BCUT2D eigenvalue weighted by Gasteiger charge is -2.16. The first-order chi connectivity index (χ1) is 19.7. The predicted molar refractivity (Wildman–Crippen MR) is 147 cm³/mol. The monoisotopic (exact) mass is 608 g/mol. The van der Waals surface area contributed by atoms with Gasteiger partial charge in [-0.3, -0.25) is 0 Å². The fourth-order valence-corrected chi connectivity index (χ4v) is 7.07. The minimum atomic E-state index is -4.90. The Labute approximate surface area is 244 Å². The lowest BCUT2D eigenvalue weighted by molar-refractivity contribution is -0.0346. The van der Waals surface area contributed by atoms with Gasteiger partial charge in [0, 0.05) is 20.2 Å². The van der Waals surface area contributed by atoms with Crippen LogP contribution in [0.1, 0.15) is 33.4 Å².